The predicted molar refractivity (Wildman–Crippen MR) is 79.1 cm³/mol. The van der Waals surface area contributed by atoms with Crippen LogP contribution in [0.15, 0.2) is 18.2 Å². The number of aliphatic hydroxyl groups is 1. The third-order valence-corrected chi connectivity index (χ3v) is 3.46. The second-order valence-corrected chi connectivity index (χ2v) is 5.89. The van der Waals surface area contributed by atoms with E-state index >= 15 is 0 Å². The molecule has 0 bridgehead atoms. The van der Waals surface area contributed by atoms with E-state index in [1.54, 1.807) is 6.07 Å². The van der Waals surface area contributed by atoms with E-state index in [9.17, 15) is 9.90 Å². The topological polar surface area (TPSA) is 75.8 Å². The second-order valence-electron chi connectivity index (χ2n) is 5.89. The summed E-state index contributed by atoms with van der Waals surface area (Å²) in [7, 11) is 0. The van der Waals surface area contributed by atoms with Crippen molar-refractivity contribution >= 4 is 17.2 Å². The molecule has 1 heterocycles. The zero-order valence-corrected chi connectivity index (χ0v) is 12.2. The number of morpholine rings is 1. The van der Waals surface area contributed by atoms with Crippen LogP contribution < -0.4 is 10.6 Å². The SMILES string of the molecule is CC(=O)c1ccc(N2CC(CO)OC(C)(C)C2)cc1N. The smallest absolute Gasteiger partial charge is 0.161 e. The Bertz CT molecular complexity index is 514. The number of anilines is 2. The van der Waals surface area contributed by atoms with Gasteiger partial charge in [-0.05, 0) is 39.0 Å². The lowest BCUT2D eigenvalue weighted by molar-refractivity contribution is -0.101. The number of carbonyl (C=O) groups excluding carboxylic acids is 1. The molecule has 0 spiro atoms. The normalized spacial score (nSPS) is 21.8. The van der Waals surface area contributed by atoms with Gasteiger partial charge in [0.25, 0.3) is 0 Å². The quantitative estimate of drug-likeness (QED) is 0.646. The first-order valence-electron chi connectivity index (χ1n) is 6.76. The van der Waals surface area contributed by atoms with Gasteiger partial charge < -0.3 is 20.5 Å². The maximum absolute atomic E-state index is 11.4. The highest BCUT2D eigenvalue weighted by Gasteiger charge is 2.33. The van der Waals surface area contributed by atoms with Crippen molar-refractivity contribution in [3.05, 3.63) is 23.8 Å². The zero-order chi connectivity index (χ0) is 14.9. The molecule has 5 nitrogen and oxygen atoms in total. The molecule has 0 aromatic heterocycles. The number of rotatable bonds is 3. The maximum atomic E-state index is 11.4. The summed E-state index contributed by atoms with van der Waals surface area (Å²) in [5.41, 5.74) is 7.58. The highest BCUT2D eigenvalue weighted by atomic mass is 16.5. The molecule has 1 aliphatic heterocycles. The number of aliphatic hydroxyl groups excluding tert-OH is 1. The van der Waals surface area contributed by atoms with Crippen molar-refractivity contribution in [2.24, 2.45) is 0 Å². The number of Topliss-reactive ketones (excluding diaryl/α,β-unsaturated/α-hetero) is 1. The van der Waals surface area contributed by atoms with E-state index in [1.807, 2.05) is 26.0 Å². The van der Waals surface area contributed by atoms with Gasteiger partial charge in [0, 0.05) is 30.0 Å². The van der Waals surface area contributed by atoms with E-state index in [0.29, 0.717) is 24.3 Å². The van der Waals surface area contributed by atoms with Crippen LogP contribution >= 0.6 is 0 Å². The van der Waals surface area contributed by atoms with Crippen LogP contribution in [-0.2, 0) is 4.74 Å². The molecule has 1 aromatic rings. The Labute approximate surface area is 119 Å². The van der Waals surface area contributed by atoms with Gasteiger partial charge >= 0.3 is 0 Å². The van der Waals surface area contributed by atoms with Crippen molar-refractivity contribution in [1.29, 1.82) is 0 Å². The molecule has 1 fully saturated rings. The van der Waals surface area contributed by atoms with Gasteiger partial charge in [-0.15, -0.1) is 0 Å². The van der Waals surface area contributed by atoms with E-state index in [4.69, 9.17) is 10.5 Å². The molecule has 0 aliphatic carbocycles. The summed E-state index contributed by atoms with van der Waals surface area (Å²) < 4.78 is 5.79. The summed E-state index contributed by atoms with van der Waals surface area (Å²) in [5.74, 6) is -0.0374. The summed E-state index contributed by atoms with van der Waals surface area (Å²) in [6.07, 6.45) is -0.215. The van der Waals surface area contributed by atoms with Crippen molar-refractivity contribution in [1.82, 2.24) is 0 Å². The number of nitrogens with two attached hydrogens (primary N) is 1. The molecular formula is C15H22N2O3. The molecule has 0 saturated carbocycles. The number of ether oxygens (including phenoxy) is 1. The number of nitrogens with zero attached hydrogens (tertiary/aromatic N) is 1. The molecule has 1 saturated heterocycles. The Hall–Kier alpha value is -1.59. The summed E-state index contributed by atoms with van der Waals surface area (Å²) in [5, 5.41) is 9.34. The standard InChI is InChI=1S/C15H22N2O3/c1-10(19)13-5-4-11(6-14(13)16)17-7-12(8-18)20-15(2,3)9-17/h4-6,12,18H,7-9,16H2,1-3H3. The third-order valence-electron chi connectivity index (χ3n) is 3.46. The number of ketones is 1. The average molecular weight is 278 g/mol. The molecular weight excluding hydrogens is 256 g/mol. The van der Waals surface area contributed by atoms with E-state index in [-0.39, 0.29) is 24.1 Å². The Kier molecular flexibility index (Phi) is 4.01. The molecule has 0 amide bonds. The highest BCUT2D eigenvalue weighted by Crippen LogP contribution is 2.28. The molecule has 5 heteroatoms. The first-order valence-corrected chi connectivity index (χ1v) is 6.76. The number of benzene rings is 1. The first-order chi connectivity index (χ1) is 9.32. The Morgan fingerprint density at radius 2 is 2.25 bits per heavy atom. The minimum absolute atomic E-state index is 0.0130. The third kappa shape index (κ3) is 3.11. The number of hydrogen-bond acceptors (Lipinski definition) is 5. The summed E-state index contributed by atoms with van der Waals surface area (Å²) in [4.78, 5) is 13.5. The predicted octanol–water partition coefficient (Wildman–Crippen LogP) is 1.45. The number of hydrogen-bond donors (Lipinski definition) is 2. The van der Waals surface area contributed by atoms with Crippen LogP contribution in [0.1, 0.15) is 31.1 Å². The fourth-order valence-electron chi connectivity index (χ4n) is 2.65. The number of carbonyl (C=O) groups is 1. The maximum Gasteiger partial charge on any atom is 0.161 e. The first kappa shape index (κ1) is 14.8. The van der Waals surface area contributed by atoms with Gasteiger partial charge in [0.1, 0.15) is 0 Å². The van der Waals surface area contributed by atoms with Crippen LogP contribution in [0.3, 0.4) is 0 Å². The van der Waals surface area contributed by atoms with E-state index in [2.05, 4.69) is 4.90 Å². The van der Waals surface area contributed by atoms with Gasteiger partial charge in [-0.25, -0.2) is 0 Å². The van der Waals surface area contributed by atoms with Gasteiger partial charge in [0.05, 0.1) is 18.3 Å². The van der Waals surface area contributed by atoms with Crippen molar-refractivity contribution in [2.75, 3.05) is 30.3 Å². The van der Waals surface area contributed by atoms with Crippen LogP contribution in [0.5, 0.6) is 0 Å². The molecule has 3 N–H and O–H groups in total. The zero-order valence-electron chi connectivity index (χ0n) is 12.2. The monoisotopic (exact) mass is 278 g/mol. The van der Waals surface area contributed by atoms with Crippen LogP contribution in [0.25, 0.3) is 0 Å². The lowest BCUT2D eigenvalue weighted by atomic mass is 10.0. The molecule has 1 aromatic carbocycles. The summed E-state index contributed by atoms with van der Waals surface area (Å²) >= 11 is 0. The second kappa shape index (κ2) is 5.42. The molecule has 110 valence electrons. The molecule has 2 rings (SSSR count). The van der Waals surface area contributed by atoms with E-state index in [0.717, 1.165) is 5.69 Å². The van der Waals surface area contributed by atoms with Crippen LogP contribution in [0, 0.1) is 0 Å². The molecule has 1 atom stereocenters. The van der Waals surface area contributed by atoms with Gasteiger partial charge in [-0.3, -0.25) is 4.79 Å². The van der Waals surface area contributed by atoms with Gasteiger partial charge in [-0.1, -0.05) is 0 Å². The van der Waals surface area contributed by atoms with Gasteiger partial charge in [0.2, 0.25) is 0 Å². The van der Waals surface area contributed by atoms with Crippen molar-refractivity contribution in [3.63, 3.8) is 0 Å². The lowest BCUT2D eigenvalue weighted by Gasteiger charge is -2.43. The Balaban J connectivity index is 2.26. The molecule has 0 radical (unpaired) electrons. The van der Waals surface area contributed by atoms with Crippen molar-refractivity contribution in [2.45, 2.75) is 32.5 Å². The summed E-state index contributed by atoms with van der Waals surface area (Å²) in [6, 6.07) is 5.46. The Morgan fingerprint density at radius 1 is 1.55 bits per heavy atom. The van der Waals surface area contributed by atoms with Crippen molar-refractivity contribution < 1.29 is 14.6 Å². The Morgan fingerprint density at radius 3 is 2.80 bits per heavy atom. The largest absolute Gasteiger partial charge is 0.398 e. The van der Waals surface area contributed by atoms with Crippen LogP contribution in [-0.4, -0.2) is 42.3 Å². The van der Waals surface area contributed by atoms with E-state index in [1.165, 1.54) is 6.92 Å². The fourth-order valence-corrected chi connectivity index (χ4v) is 2.65. The average Bonchev–Trinajstić information content (AvgIpc) is 2.36. The van der Waals surface area contributed by atoms with E-state index < -0.39 is 0 Å². The van der Waals surface area contributed by atoms with Crippen LogP contribution in [0.2, 0.25) is 0 Å². The minimum Gasteiger partial charge on any atom is -0.398 e. The van der Waals surface area contributed by atoms with Gasteiger partial charge in [-0.2, -0.15) is 0 Å². The number of nitrogen functional groups attached to an aromatic ring is 1. The van der Waals surface area contributed by atoms with Gasteiger partial charge in [0.15, 0.2) is 5.78 Å². The van der Waals surface area contributed by atoms with Crippen LogP contribution in [0.4, 0.5) is 11.4 Å². The molecule has 1 unspecified atom stereocenters. The highest BCUT2D eigenvalue weighted by molar-refractivity contribution is 5.99. The summed E-state index contributed by atoms with van der Waals surface area (Å²) in [6.45, 7) is 6.80. The lowest BCUT2D eigenvalue weighted by Crippen LogP contribution is -2.54. The minimum atomic E-state index is -0.334. The van der Waals surface area contributed by atoms with Crippen molar-refractivity contribution in [3.8, 4) is 0 Å². The molecule has 1 aliphatic rings. The molecule has 20 heavy (non-hydrogen) atoms. The fraction of sp³-hybridized carbons (Fsp3) is 0.533.